The molecule has 3 aromatic rings. The fourth-order valence-electron chi connectivity index (χ4n) is 3.20. The number of hydrogen-bond acceptors (Lipinski definition) is 4. The minimum Gasteiger partial charge on any atom is -0.326 e. The molecule has 8 heteroatoms. The van der Waals surface area contributed by atoms with E-state index in [1.54, 1.807) is 41.3 Å². The largest absolute Gasteiger partial charge is 0.326 e. The van der Waals surface area contributed by atoms with E-state index in [1.165, 1.54) is 11.8 Å². The number of carbonyl (C=O) groups is 2. The van der Waals surface area contributed by atoms with Crippen molar-refractivity contribution >= 4 is 63.3 Å². The highest BCUT2D eigenvalue weighted by molar-refractivity contribution is 8.15. The molecule has 2 amide bonds. The molecule has 32 heavy (non-hydrogen) atoms. The van der Waals surface area contributed by atoms with Crippen molar-refractivity contribution in [3.05, 3.63) is 94.5 Å². The number of rotatable bonds is 6. The fourth-order valence-corrected chi connectivity index (χ4v) is 4.68. The predicted molar refractivity (Wildman–Crippen MR) is 132 cm³/mol. The lowest BCUT2D eigenvalue weighted by Gasteiger charge is -2.16. The van der Waals surface area contributed by atoms with Crippen molar-refractivity contribution in [3.63, 3.8) is 0 Å². The highest BCUT2D eigenvalue weighted by Gasteiger charge is 2.39. The number of thioether (sulfide) groups is 1. The van der Waals surface area contributed by atoms with Crippen LogP contribution in [0.2, 0.25) is 10.0 Å². The Bertz CT molecular complexity index is 1150. The van der Waals surface area contributed by atoms with Crippen LogP contribution in [0.5, 0.6) is 0 Å². The summed E-state index contributed by atoms with van der Waals surface area (Å²) in [7, 11) is 0. The molecule has 4 rings (SSSR count). The SMILES string of the molecule is O=C(C[C@H]1SC(=Nc2ccccc2)N(Cc2ccc(Cl)cc2)C1=O)Nc1cccc(Cl)c1. The molecule has 0 saturated carbocycles. The van der Waals surface area contributed by atoms with E-state index in [9.17, 15) is 9.59 Å². The van der Waals surface area contributed by atoms with E-state index in [2.05, 4.69) is 10.3 Å². The molecule has 1 fully saturated rings. The zero-order valence-corrected chi connectivity index (χ0v) is 19.2. The minimum atomic E-state index is -0.566. The van der Waals surface area contributed by atoms with Crippen LogP contribution in [-0.4, -0.2) is 27.1 Å². The molecule has 0 unspecified atom stereocenters. The smallest absolute Gasteiger partial charge is 0.242 e. The third-order valence-corrected chi connectivity index (χ3v) is 6.40. The first-order valence-corrected chi connectivity index (χ1v) is 11.5. The summed E-state index contributed by atoms with van der Waals surface area (Å²) in [6.45, 7) is 0.348. The van der Waals surface area contributed by atoms with Gasteiger partial charge in [0.1, 0.15) is 5.25 Å². The van der Waals surface area contributed by atoms with Crippen LogP contribution in [0.3, 0.4) is 0 Å². The first-order chi connectivity index (χ1) is 15.5. The molecule has 0 radical (unpaired) electrons. The van der Waals surface area contributed by atoms with Crippen LogP contribution in [0.1, 0.15) is 12.0 Å². The van der Waals surface area contributed by atoms with E-state index in [0.717, 1.165) is 11.3 Å². The number of aliphatic imine (C=N–C) groups is 1. The van der Waals surface area contributed by atoms with Crippen LogP contribution < -0.4 is 5.32 Å². The molecule has 5 nitrogen and oxygen atoms in total. The van der Waals surface area contributed by atoms with Crippen molar-refractivity contribution < 1.29 is 9.59 Å². The average molecular weight is 484 g/mol. The van der Waals surface area contributed by atoms with Crippen LogP contribution in [0.4, 0.5) is 11.4 Å². The second-order valence-electron chi connectivity index (χ2n) is 7.15. The Morgan fingerprint density at radius 2 is 1.72 bits per heavy atom. The number of benzene rings is 3. The molecule has 1 aliphatic heterocycles. The van der Waals surface area contributed by atoms with Crippen molar-refractivity contribution in [2.45, 2.75) is 18.2 Å². The zero-order chi connectivity index (χ0) is 22.5. The molecule has 0 bridgehead atoms. The third kappa shape index (κ3) is 5.71. The van der Waals surface area contributed by atoms with Gasteiger partial charge >= 0.3 is 0 Å². The van der Waals surface area contributed by atoms with Crippen molar-refractivity contribution in [3.8, 4) is 0 Å². The maximum Gasteiger partial charge on any atom is 0.242 e. The zero-order valence-electron chi connectivity index (χ0n) is 16.9. The maximum atomic E-state index is 13.2. The number of para-hydroxylation sites is 1. The van der Waals surface area contributed by atoms with Crippen molar-refractivity contribution in [2.75, 3.05) is 5.32 Å². The van der Waals surface area contributed by atoms with E-state index in [1.807, 2.05) is 42.5 Å². The molecule has 1 atom stereocenters. The lowest BCUT2D eigenvalue weighted by atomic mass is 10.2. The summed E-state index contributed by atoms with van der Waals surface area (Å²) in [4.78, 5) is 32.1. The van der Waals surface area contributed by atoms with Gasteiger partial charge in [-0.1, -0.05) is 71.4 Å². The predicted octanol–water partition coefficient (Wildman–Crippen LogP) is 6.15. The Labute approximate surface area is 200 Å². The Balaban J connectivity index is 1.53. The molecule has 3 aromatic carbocycles. The van der Waals surface area contributed by atoms with Crippen LogP contribution in [0.25, 0.3) is 0 Å². The number of nitrogens with zero attached hydrogens (tertiary/aromatic N) is 2. The van der Waals surface area contributed by atoms with Gasteiger partial charge in [-0.25, -0.2) is 4.99 Å². The molecule has 0 aromatic heterocycles. The summed E-state index contributed by atoms with van der Waals surface area (Å²) in [5.41, 5.74) is 2.26. The lowest BCUT2D eigenvalue weighted by molar-refractivity contribution is -0.128. The van der Waals surface area contributed by atoms with Gasteiger partial charge in [0.25, 0.3) is 0 Å². The normalized spacial score (nSPS) is 17.1. The topological polar surface area (TPSA) is 61.8 Å². The Morgan fingerprint density at radius 3 is 2.44 bits per heavy atom. The van der Waals surface area contributed by atoms with Gasteiger partial charge in [-0.2, -0.15) is 0 Å². The summed E-state index contributed by atoms with van der Waals surface area (Å²) >= 11 is 13.3. The van der Waals surface area contributed by atoms with Crippen LogP contribution in [-0.2, 0) is 16.1 Å². The number of hydrogen-bond donors (Lipinski definition) is 1. The van der Waals surface area contributed by atoms with Gasteiger partial charge in [0.15, 0.2) is 5.17 Å². The summed E-state index contributed by atoms with van der Waals surface area (Å²) in [6.07, 6.45) is 0.0287. The van der Waals surface area contributed by atoms with E-state index in [-0.39, 0.29) is 18.2 Å². The van der Waals surface area contributed by atoms with E-state index in [4.69, 9.17) is 23.2 Å². The van der Waals surface area contributed by atoms with Gasteiger partial charge in [-0.3, -0.25) is 14.5 Å². The summed E-state index contributed by atoms with van der Waals surface area (Å²) in [5, 5.41) is 3.96. The quantitative estimate of drug-likeness (QED) is 0.456. The van der Waals surface area contributed by atoms with Crippen LogP contribution in [0.15, 0.2) is 83.9 Å². The number of carbonyl (C=O) groups excluding carboxylic acids is 2. The highest BCUT2D eigenvalue weighted by atomic mass is 35.5. The fraction of sp³-hybridized carbons (Fsp3) is 0.125. The monoisotopic (exact) mass is 483 g/mol. The molecule has 1 saturated heterocycles. The molecular weight excluding hydrogens is 465 g/mol. The van der Waals surface area contributed by atoms with Crippen LogP contribution >= 0.6 is 35.0 Å². The average Bonchev–Trinajstić information content (AvgIpc) is 3.04. The van der Waals surface area contributed by atoms with E-state index < -0.39 is 5.25 Å². The summed E-state index contributed by atoms with van der Waals surface area (Å²) in [5.74, 6) is -0.411. The first kappa shape index (κ1) is 22.4. The van der Waals surface area contributed by atoms with Gasteiger partial charge in [-0.05, 0) is 48.0 Å². The molecule has 0 spiro atoms. The molecular formula is C24H19Cl2N3O2S. The van der Waals surface area contributed by atoms with E-state index >= 15 is 0 Å². The summed E-state index contributed by atoms with van der Waals surface area (Å²) in [6, 6.07) is 23.7. The number of amidine groups is 1. The Morgan fingerprint density at radius 1 is 0.969 bits per heavy atom. The number of anilines is 1. The number of amides is 2. The lowest BCUT2D eigenvalue weighted by Crippen LogP contribution is -2.33. The number of nitrogens with one attached hydrogen (secondary N) is 1. The number of halogens is 2. The highest BCUT2D eigenvalue weighted by Crippen LogP contribution is 2.33. The maximum absolute atomic E-state index is 13.2. The molecule has 162 valence electrons. The standard InChI is InChI=1S/C24H19Cl2N3O2S/c25-17-11-9-16(10-12-17)15-29-23(31)21(32-24(29)28-19-6-2-1-3-7-19)14-22(30)27-20-8-4-5-18(26)13-20/h1-13,21H,14-15H2,(H,27,30)/t21-/m1/s1. The second-order valence-corrected chi connectivity index (χ2v) is 9.19. The van der Waals surface area contributed by atoms with Gasteiger partial charge in [-0.15, -0.1) is 0 Å². The summed E-state index contributed by atoms with van der Waals surface area (Å²) < 4.78 is 0. The van der Waals surface area contributed by atoms with Crippen molar-refractivity contribution in [1.82, 2.24) is 4.90 Å². The second kappa shape index (κ2) is 10.2. The van der Waals surface area contributed by atoms with Gasteiger partial charge in [0, 0.05) is 22.2 Å². The molecule has 0 aliphatic carbocycles. The van der Waals surface area contributed by atoms with Crippen molar-refractivity contribution in [2.24, 2.45) is 4.99 Å². The first-order valence-electron chi connectivity index (χ1n) is 9.89. The van der Waals surface area contributed by atoms with Crippen LogP contribution in [0, 0.1) is 0 Å². The van der Waals surface area contributed by atoms with Gasteiger partial charge in [0.2, 0.25) is 11.8 Å². The third-order valence-electron chi connectivity index (χ3n) is 4.73. The van der Waals surface area contributed by atoms with Gasteiger partial charge in [0.05, 0.1) is 12.2 Å². The molecule has 1 heterocycles. The van der Waals surface area contributed by atoms with Gasteiger partial charge < -0.3 is 5.32 Å². The molecule has 1 aliphatic rings. The Kier molecular flexibility index (Phi) is 7.15. The minimum absolute atomic E-state index is 0.0287. The Hall–Kier alpha value is -2.80. The molecule has 1 N–H and O–H groups in total. The van der Waals surface area contributed by atoms with E-state index in [0.29, 0.717) is 27.4 Å². The van der Waals surface area contributed by atoms with Crippen molar-refractivity contribution in [1.29, 1.82) is 0 Å².